The minimum Gasteiger partial charge on any atom is -0.484 e. The van der Waals surface area contributed by atoms with Gasteiger partial charge in [0.15, 0.2) is 6.61 Å². The maximum atomic E-state index is 13.0. The van der Waals surface area contributed by atoms with Crippen molar-refractivity contribution in [3.8, 4) is 5.75 Å². The van der Waals surface area contributed by atoms with E-state index in [-0.39, 0.29) is 36.6 Å². The van der Waals surface area contributed by atoms with Crippen LogP contribution < -0.4 is 10.5 Å². The van der Waals surface area contributed by atoms with Gasteiger partial charge < -0.3 is 25.0 Å². The first-order valence-electron chi connectivity index (χ1n) is 9.27. The van der Waals surface area contributed by atoms with Crippen molar-refractivity contribution in [2.45, 2.75) is 12.8 Å². The molecule has 28 heavy (non-hydrogen) atoms. The topological polar surface area (TPSA) is 85.1 Å². The first kappa shape index (κ1) is 22.4. The number of nitrogens with two attached hydrogens (primary N) is 1. The molecule has 7 nitrogen and oxygen atoms in total. The number of hydrogen-bond acceptors (Lipinski definition) is 5. The molecule has 2 fully saturated rings. The maximum absolute atomic E-state index is 13.0. The normalized spacial score (nSPS) is 18.9. The van der Waals surface area contributed by atoms with E-state index in [0.717, 1.165) is 0 Å². The van der Waals surface area contributed by atoms with E-state index in [0.29, 0.717) is 64.5 Å². The SMILES string of the molecule is Cl.NCC1(C(=O)N2CCN(C(=O)COc3ccc(F)cc3)CC2)CCOCC1. The highest BCUT2D eigenvalue weighted by molar-refractivity contribution is 5.85. The predicted octanol–water partition coefficient (Wildman–Crippen LogP) is 1.05. The van der Waals surface area contributed by atoms with Crippen LogP contribution in [-0.4, -0.2) is 74.2 Å². The van der Waals surface area contributed by atoms with E-state index in [1.54, 1.807) is 4.90 Å². The van der Waals surface area contributed by atoms with E-state index >= 15 is 0 Å². The molecule has 0 aromatic heterocycles. The fourth-order valence-electron chi connectivity index (χ4n) is 3.53. The van der Waals surface area contributed by atoms with Gasteiger partial charge in [-0.3, -0.25) is 9.59 Å². The lowest BCUT2D eigenvalue weighted by Crippen LogP contribution is -2.57. The quantitative estimate of drug-likeness (QED) is 0.777. The Balaban J connectivity index is 0.00000280. The molecule has 2 heterocycles. The third kappa shape index (κ3) is 5.12. The van der Waals surface area contributed by atoms with Crippen molar-refractivity contribution in [1.82, 2.24) is 9.80 Å². The first-order chi connectivity index (χ1) is 13.0. The van der Waals surface area contributed by atoms with Crippen molar-refractivity contribution >= 4 is 24.2 Å². The Morgan fingerprint density at radius 3 is 2.21 bits per heavy atom. The van der Waals surface area contributed by atoms with Crippen LogP contribution in [0, 0.1) is 11.2 Å². The van der Waals surface area contributed by atoms with Crippen LogP contribution in [0.25, 0.3) is 0 Å². The van der Waals surface area contributed by atoms with Crippen LogP contribution in [0.2, 0.25) is 0 Å². The highest BCUT2D eigenvalue weighted by Crippen LogP contribution is 2.32. The fourth-order valence-corrected chi connectivity index (χ4v) is 3.53. The number of rotatable bonds is 5. The molecule has 0 radical (unpaired) electrons. The summed E-state index contributed by atoms with van der Waals surface area (Å²) >= 11 is 0. The molecular formula is C19H27ClFN3O4. The summed E-state index contributed by atoms with van der Waals surface area (Å²) in [5.41, 5.74) is 5.39. The number of piperazine rings is 1. The predicted molar refractivity (Wildman–Crippen MR) is 104 cm³/mol. The molecule has 2 N–H and O–H groups in total. The zero-order chi connectivity index (χ0) is 19.3. The summed E-state index contributed by atoms with van der Waals surface area (Å²) in [6.45, 7) is 3.24. The molecule has 0 bridgehead atoms. The Hall–Kier alpha value is -1.90. The number of halogens is 2. The number of benzene rings is 1. The highest BCUT2D eigenvalue weighted by Gasteiger charge is 2.42. The molecule has 0 saturated carbocycles. The third-order valence-corrected chi connectivity index (χ3v) is 5.39. The van der Waals surface area contributed by atoms with E-state index in [4.69, 9.17) is 15.2 Å². The molecule has 0 unspecified atom stereocenters. The monoisotopic (exact) mass is 415 g/mol. The second-order valence-corrected chi connectivity index (χ2v) is 7.01. The Kier molecular flexibility index (Phi) is 8.03. The molecule has 2 aliphatic heterocycles. The summed E-state index contributed by atoms with van der Waals surface area (Å²) in [6.07, 6.45) is 1.29. The molecule has 0 spiro atoms. The standard InChI is InChI=1S/C19H26FN3O4.ClH/c20-15-1-3-16(4-2-15)27-13-17(24)22-7-9-23(10-8-22)18(25)19(14-21)5-11-26-12-6-19;/h1-4H,5-14,21H2;1H. The Labute approximate surface area is 170 Å². The van der Waals surface area contributed by atoms with Gasteiger partial charge in [0.05, 0.1) is 5.41 Å². The van der Waals surface area contributed by atoms with Crippen LogP contribution in [0.3, 0.4) is 0 Å². The van der Waals surface area contributed by atoms with Gasteiger partial charge in [-0.2, -0.15) is 0 Å². The smallest absolute Gasteiger partial charge is 0.260 e. The van der Waals surface area contributed by atoms with Gasteiger partial charge in [0, 0.05) is 45.9 Å². The van der Waals surface area contributed by atoms with Gasteiger partial charge >= 0.3 is 0 Å². The van der Waals surface area contributed by atoms with Crippen LogP contribution in [0.5, 0.6) is 5.75 Å². The summed E-state index contributed by atoms with van der Waals surface area (Å²) in [4.78, 5) is 28.8. The number of ether oxygens (including phenoxy) is 2. The zero-order valence-corrected chi connectivity index (χ0v) is 16.6. The van der Waals surface area contributed by atoms with Gasteiger partial charge in [-0.05, 0) is 37.1 Å². The van der Waals surface area contributed by atoms with E-state index in [2.05, 4.69) is 0 Å². The zero-order valence-electron chi connectivity index (χ0n) is 15.8. The largest absolute Gasteiger partial charge is 0.484 e. The van der Waals surface area contributed by atoms with E-state index in [9.17, 15) is 14.0 Å². The first-order valence-corrected chi connectivity index (χ1v) is 9.27. The Bertz CT molecular complexity index is 660. The summed E-state index contributed by atoms with van der Waals surface area (Å²) in [5.74, 6) is 0.0196. The summed E-state index contributed by atoms with van der Waals surface area (Å²) < 4.78 is 23.7. The van der Waals surface area contributed by atoms with Crippen LogP contribution in [-0.2, 0) is 14.3 Å². The average molecular weight is 416 g/mol. The lowest BCUT2D eigenvalue weighted by atomic mass is 9.78. The molecule has 0 aliphatic carbocycles. The number of hydrogen-bond donors (Lipinski definition) is 1. The molecule has 2 aliphatic rings. The second kappa shape index (κ2) is 10.0. The molecule has 0 atom stereocenters. The van der Waals surface area contributed by atoms with E-state index in [1.165, 1.54) is 24.3 Å². The third-order valence-electron chi connectivity index (χ3n) is 5.39. The summed E-state index contributed by atoms with van der Waals surface area (Å²) in [7, 11) is 0. The minimum absolute atomic E-state index is 0. The van der Waals surface area contributed by atoms with Gasteiger partial charge in [0.25, 0.3) is 5.91 Å². The molecule has 9 heteroatoms. The van der Waals surface area contributed by atoms with E-state index in [1.807, 2.05) is 4.90 Å². The second-order valence-electron chi connectivity index (χ2n) is 7.01. The summed E-state index contributed by atoms with van der Waals surface area (Å²) in [6, 6.07) is 5.54. The van der Waals surface area contributed by atoms with Gasteiger partial charge in [-0.1, -0.05) is 0 Å². The molecule has 2 amide bonds. The average Bonchev–Trinajstić information content (AvgIpc) is 2.73. The fraction of sp³-hybridized carbons (Fsp3) is 0.579. The van der Waals surface area contributed by atoms with Gasteiger partial charge in [-0.15, -0.1) is 12.4 Å². The summed E-state index contributed by atoms with van der Waals surface area (Å²) in [5, 5.41) is 0. The van der Waals surface area contributed by atoms with Crippen LogP contribution in [0.1, 0.15) is 12.8 Å². The maximum Gasteiger partial charge on any atom is 0.260 e. The van der Waals surface area contributed by atoms with Crippen LogP contribution >= 0.6 is 12.4 Å². The number of nitrogens with zero attached hydrogens (tertiary/aromatic N) is 2. The molecule has 1 aromatic rings. The number of carbonyl (C=O) groups is 2. The van der Waals surface area contributed by atoms with Crippen LogP contribution in [0.15, 0.2) is 24.3 Å². The Morgan fingerprint density at radius 1 is 1.07 bits per heavy atom. The van der Waals surface area contributed by atoms with Gasteiger partial charge in [-0.25, -0.2) is 4.39 Å². The Morgan fingerprint density at radius 2 is 1.64 bits per heavy atom. The number of carbonyl (C=O) groups excluding carboxylic acids is 2. The highest BCUT2D eigenvalue weighted by atomic mass is 35.5. The molecule has 2 saturated heterocycles. The molecule has 156 valence electrons. The van der Waals surface area contributed by atoms with Gasteiger partial charge in [0.1, 0.15) is 11.6 Å². The van der Waals surface area contributed by atoms with Crippen molar-refractivity contribution in [1.29, 1.82) is 0 Å². The van der Waals surface area contributed by atoms with Crippen molar-refractivity contribution in [2.24, 2.45) is 11.1 Å². The lowest BCUT2D eigenvalue weighted by molar-refractivity contribution is -0.151. The molecule has 3 rings (SSSR count). The lowest BCUT2D eigenvalue weighted by Gasteiger charge is -2.42. The van der Waals surface area contributed by atoms with Crippen molar-refractivity contribution in [3.63, 3.8) is 0 Å². The van der Waals surface area contributed by atoms with E-state index < -0.39 is 5.41 Å². The van der Waals surface area contributed by atoms with Crippen molar-refractivity contribution < 1.29 is 23.5 Å². The molecular weight excluding hydrogens is 389 g/mol. The number of amides is 2. The molecule has 1 aromatic carbocycles. The van der Waals surface area contributed by atoms with Crippen molar-refractivity contribution in [3.05, 3.63) is 30.1 Å². The van der Waals surface area contributed by atoms with Crippen molar-refractivity contribution in [2.75, 3.05) is 52.5 Å². The minimum atomic E-state index is -0.532. The van der Waals surface area contributed by atoms with Crippen LogP contribution in [0.4, 0.5) is 4.39 Å². The van der Waals surface area contributed by atoms with Gasteiger partial charge in [0.2, 0.25) is 5.91 Å².